The number of amides is 1. The highest BCUT2D eigenvalue weighted by Crippen LogP contribution is 2.46. The summed E-state index contributed by atoms with van der Waals surface area (Å²) in [4.78, 5) is 31.5. The van der Waals surface area contributed by atoms with E-state index in [1.165, 1.54) is 44.9 Å². The number of methoxy groups -OCH3 is 3. The van der Waals surface area contributed by atoms with E-state index in [1.807, 2.05) is 0 Å². The zero-order valence-electron chi connectivity index (χ0n) is 18.3. The van der Waals surface area contributed by atoms with Gasteiger partial charge < -0.3 is 28.6 Å². The molecule has 1 saturated heterocycles. The van der Waals surface area contributed by atoms with Crippen LogP contribution in [0.2, 0.25) is 0 Å². The Bertz CT molecular complexity index is 1180. The number of likely N-dealkylation sites (tertiary alicyclic amines) is 1. The molecule has 9 heteroatoms. The fraction of sp³-hybridized carbons (Fsp3) is 0.208. The second-order valence-electron chi connectivity index (χ2n) is 7.20. The maximum absolute atomic E-state index is 13.1. The zero-order chi connectivity index (χ0) is 23.5. The van der Waals surface area contributed by atoms with Crippen LogP contribution in [-0.4, -0.2) is 48.0 Å². The third kappa shape index (κ3) is 3.89. The normalized spacial score (nSPS) is 17.3. The smallest absolute Gasteiger partial charge is 0.296 e. The summed E-state index contributed by atoms with van der Waals surface area (Å²) in [7, 11) is 4.42. The summed E-state index contributed by atoms with van der Waals surface area (Å²) in [6, 6.07) is 8.87. The van der Waals surface area contributed by atoms with Crippen LogP contribution in [0.5, 0.6) is 17.2 Å². The predicted molar refractivity (Wildman–Crippen MR) is 117 cm³/mol. The van der Waals surface area contributed by atoms with Gasteiger partial charge in [0.2, 0.25) is 5.75 Å². The Labute approximate surface area is 189 Å². The number of aliphatic hydroxyl groups excluding tert-OH is 1. The van der Waals surface area contributed by atoms with E-state index in [0.717, 1.165) is 0 Å². The first-order valence-corrected chi connectivity index (χ1v) is 10.0. The van der Waals surface area contributed by atoms with Crippen LogP contribution in [0.25, 0.3) is 5.76 Å². The Morgan fingerprint density at radius 1 is 1.06 bits per heavy atom. The number of hydrogen-bond donors (Lipinski definition) is 1. The molecule has 0 spiro atoms. The summed E-state index contributed by atoms with van der Waals surface area (Å²) in [5, 5.41) is 11.1. The molecule has 0 bridgehead atoms. The van der Waals surface area contributed by atoms with Gasteiger partial charge in [-0.3, -0.25) is 14.6 Å². The van der Waals surface area contributed by atoms with Crippen molar-refractivity contribution in [2.75, 3.05) is 21.3 Å². The van der Waals surface area contributed by atoms with Gasteiger partial charge in [-0.15, -0.1) is 0 Å². The van der Waals surface area contributed by atoms with Crippen molar-refractivity contribution in [2.24, 2.45) is 0 Å². The minimum atomic E-state index is -0.933. The van der Waals surface area contributed by atoms with Gasteiger partial charge in [-0.1, -0.05) is 0 Å². The van der Waals surface area contributed by atoms with E-state index in [4.69, 9.17) is 18.6 Å². The topological polar surface area (TPSA) is 111 Å². The first-order chi connectivity index (χ1) is 16.0. The SMILES string of the molecule is COc1cc(C2C(=C(O)c3ccncc3)C(=O)C(=O)N2Cc2ccco2)cc(OC)c1OC. The number of rotatable bonds is 7. The monoisotopic (exact) mass is 450 g/mol. The molecule has 4 rings (SSSR count). The summed E-state index contributed by atoms with van der Waals surface area (Å²) in [6.07, 6.45) is 4.46. The molecule has 1 aliphatic heterocycles. The van der Waals surface area contributed by atoms with Crippen molar-refractivity contribution in [3.63, 3.8) is 0 Å². The van der Waals surface area contributed by atoms with Crippen LogP contribution in [0.1, 0.15) is 22.9 Å². The number of aliphatic hydroxyl groups is 1. The highest BCUT2D eigenvalue weighted by Gasteiger charge is 2.47. The van der Waals surface area contributed by atoms with Crippen LogP contribution in [0.3, 0.4) is 0 Å². The average molecular weight is 450 g/mol. The summed E-state index contributed by atoms with van der Waals surface area (Å²) >= 11 is 0. The van der Waals surface area contributed by atoms with E-state index in [9.17, 15) is 14.7 Å². The number of aromatic nitrogens is 1. The van der Waals surface area contributed by atoms with Gasteiger partial charge >= 0.3 is 0 Å². The van der Waals surface area contributed by atoms with Crippen LogP contribution < -0.4 is 14.2 Å². The van der Waals surface area contributed by atoms with Crippen LogP contribution in [0.15, 0.2) is 65.0 Å². The lowest BCUT2D eigenvalue weighted by atomic mass is 9.95. The van der Waals surface area contributed by atoms with Crippen LogP contribution in [0.4, 0.5) is 0 Å². The van der Waals surface area contributed by atoms with Crippen molar-refractivity contribution in [1.82, 2.24) is 9.88 Å². The third-order valence-corrected chi connectivity index (χ3v) is 5.40. The maximum Gasteiger partial charge on any atom is 0.296 e. The number of ketones is 1. The van der Waals surface area contributed by atoms with Crippen LogP contribution in [-0.2, 0) is 16.1 Å². The lowest BCUT2D eigenvalue weighted by Gasteiger charge is -2.26. The van der Waals surface area contributed by atoms with Gasteiger partial charge in [0.1, 0.15) is 11.5 Å². The Kier molecular flexibility index (Phi) is 6.03. The minimum absolute atomic E-state index is 0.0199. The van der Waals surface area contributed by atoms with Gasteiger partial charge in [-0.05, 0) is 42.0 Å². The molecule has 1 unspecified atom stereocenters. The number of ether oxygens (including phenoxy) is 3. The van der Waals surface area contributed by atoms with Crippen molar-refractivity contribution in [2.45, 2.75) is 12.6 Å². The third-order valence-electron chi connectivity index (χ3n) is 5.40. The van der Waals surface area contributed by atoms with Gasteiger partial charge in [-0.2, -0.15) is 0 Å². The lowest BCUT2D eigenvalue weighted by molar-refractivity contribution is -0.140. The number of carbonyl (C=O) groups is 2. The molecular weight excluding hydrogens is 428 g/mol. The van der Waals surface area contributed by atoms with E-state index in [2.05, 4.69) is 4.98 Å². The number of nitrogens with zero attached hydrogens (tertiary/aromatic N) is 2. The van der Waals surface area contributed by atoms with E-state index in [-0.39, 0.29) is 17.9 Å². The van der Waals surface area contributed by atoms with Gasteiger partial charge in [0.15, 0.2) is 11.5 Å². The number of pyridine rings is 1. The molecule has 1 aliphatic rings. The molecule has 0 radical (unpaired) electrons. The number of hydrogen-bond acceptors (Lipinski definition) is 8. The highest BCUT2D eigenvalue weighted by molar-refractivity contribution is 6.46. The molecule has 9 nitrogen and oxygen atoms in total. The van der Waals surface area contributed by atoms with E-state index >= 15 is 0 Å². The van der Waals surface area contributed by atoms with E-state index < -0.39 is 17.7 Å². The minimum Gasteiger partial charge on any atom is -0.507 e. The highest BCUT2D eigenvalue weighted by atomic mass is 16.5. The second-order valence-corrected chi connectivity index (χ2v) is 7.20. The van der Waals surface area contributed by atoms with Crippen molar-refractivity contribution in [1.29, 1.82) is 0 Å². The maximum atomic E-state index is 13.1. The van der Waals surface area contributed by atoms with Crippen molar-refractivity contribution < 1.29 is 33.3 Å². The van der Waals surface area contributed by atoms with Gasteiger partial charge in [0.25, 0.3) is 11.7 Å². The molecule has 33 heavy (non-hydrogen) atoms. The van der Waals surface area contributed by atoms with Crippen LogP contribution >= 0.6 is 0 Å². The number of furan rings is 1. The molecule has 1 amide bonds. The van der Waals surface area contributed by atoms with E-state index in [1.54, 1.807) is 36.4 Å². The van der Waals surface area contributed by atoms with E-state index in [0.29, 0.717) is 34.1 Å². The van der Waals surface area contributed by atoms with Crippen molar-refractivity contribution in [3.05, 3.63) is 77.5 Å². The Balaban J connectivity index is 1.94. The molecular formula is C24H22N2O7. The lowest BCUT2D eigenvalue weighted by Crippen LogP contribution is -2.29. The van der Waals surface area contributed by atoms with Crippen molar-refractivity contribution in [3.8, 4) is 17.2 Å². The molecule has 1 N–H and O–H groups in total. The fourth-order valence-corrected chi connectivity index (χ4v) is 3.88. The van der Waals surface area contributed by atoms with Gasteiger partial charge in [0, 0.05) is 18.0 Å². The zero-order valence-corrected chi connectivity index (χ0v) is 18.3. The van der Waals surface area contributed by atoms with Crippen LogP contribution in [0, 0.1) is 0 Å². The molecule has 1 aromatic carbocycles. The average Bonchev–Trinajstić information content (AvgIpc) is 3.45. The standard InChI is InChI=1S/C24H22N2O7/c1-30-17-11-15(12-18(31-2)23(17)32-3)20-19(21(27)14-6-8-25-9-7-14)22(28)24(29)26(20)13-16-5-4-10-33-16/h4-12,20,27H,13H2,1-3H3. The molecule has 0 aliphatic carbocycles. The first kappa shape index (κ1) is 21.9. The second kappa shape index (κ2) is 9.07. The molecule has 3 heterocycles. The summed E-state index contributed by atoms with van der Waals surface area (Å²) in [5.41, 5.74) is 0.788. The number of Topliss-reactive ketones (excluding diaryl/α,β-unsaturated/α-hetero) is 1. The molecule has 1 fully saturated rings. The molecule has 2 aromatic heterocycles. The Hall–Kier alpha value is -4.27. The Morgan fingerprint density at radius 3 is 2.27 bits per heavy atom. The molecule has 1 atom stereocenters. The fourth-order valence-electron chi connectivity index (χ4n) is 3.88. The predicted octanol–water partition coefficient (Wildman–Crippen LogP) is 3.32. The van der Waals surface area contributed by atoms with Gasteiger partial charge in [-0.25, -0.2) is 0 Å². The number of benzene rings is 1. The van der Waals surface area contributed by atoms with Gasteiger partial charge in [0.05, 0.1) is 45.8 Å². The molecule has 0 saturated carbocycles. The molecule has 3 aromatic rings. The summed E-state index contributed by atoms with van der Waals surface area (Å²) < 4.78 is 21.7. The quantitative estimate of drug-likeness (QED) is 0.332. The first-order valence-electron chi connectivity index (χ1n) is 10.0. The van der Waals surface area contributed by atoms with Crippen molar-refractivity contribution >= 4 is 17.4 Å². The number of carbonyl (C=O) groups excluding carboxylic acids is 2. The summed E-state index contributed by atoms with van der Waals surface area (Å²) in [6.45, 7) is 0.0199. The largest absolute Gasteiger partial charge is 0.507 e. The Morgan fingerprint density at radius 2 is 1.73 bits per heavy atom. The summed E-state index contributed by atoms with van der Waals surface area (Å²) in [5.74, 6) is -0.343. The molecule has 170 valence electrons.